The molecule has 3 aromatic carbocycles. The predicted octanol–water partition coefficient (Wildman–Crippen LogP) is 3.18. The molecule has 0 radical (unpaired) electrons. The number of rotatable bonds is 10. The van der Waals surface area contributed by atoms with Crippen LogP contribution in [0.4, 0.5) is 11.4 Å². The zero-order chi connectivity index (χ0) is 28.5. The smallest absolute Gasteiger partial charge is 0.335 e. The van der Waals surface area contributed by atoms with E-state index in [1.54, 1.807) is 48.5 Å². The average molecular weight is 560 g/mol. The van der Waals surface area contributed by atoms with E-state index in [0.29, 0.717) is 27.6 Å². The number of halogens is 1. The Kier molecular flexibility index (Phi) is 8.95. The quantitative estimate of drug-likeness (QED) is 0.215. The Morgan fingerprint density at radius 1 is 0.950 bits per heavy atom. The molecule has 4 rings (SSSR count). The highest BCUT2D eigenvalue weighted by Gasteiger charge is 2.24. The van der Waals surface area contributed by atoms with E-state index in [9.17, 15) is 19.2 Å². The molecular formula is C27H22ClN7O5. The molecule has 40 heavy (non-hydrogen) atoms. The van der Waals surface area contributed by atoms with Gasteiger partial charge in [-0.25, -0.2) is 4.79 Å². The molecule has 4 aromatic rings. The van der Waals surface area contributed by atoms with Crippen LogP contribution in [0, 0.1) is 0 Å². The summed E-state index contributed by atoms with van der Waals surface area (Å²) in [5, 5.41) is 28.4. The molecule has 4 N–H and O–H groups in total. The lowest BCUT2D eigenvalue weighted by molar-refractivity contribution is -0.126. The Morgan fingerprint density at radius 3 is 2.35 bits per heavy atom. The fourth-order valence-electron chi connectivity index (χ4n) is 3.58. The third-order valence-corrected chi connectivity index (χ3v) is 5.71. The van der Waals surface area contributed by atoms with Crippen molar-refractivity contribution in [2.75, 3.05) is 10.6 Å². The van der Waals surface area contributed by atoms with Crippen LogP contribution in [0.15, 0.2) is 85.2 Å². The highest BCUT2D eigenvalue weighted by Crippen LogP contribution is 2.20. The van der Waals surface area contributed by atoms with Crippen LogP contribution in [0.5, 0.6) is 0 Å². The molecule has 0 aliphatic carbocycles. The van der Waals surface area contributed by atoms with Crippen LogP contribution in [0.3, 0.4) is 0 Å². The number of carbonyl (C=O) groups excluding carboxylic acids is 3. The first-order valence-corrected chi connectivity index (χ1v) is 12.2. The molecule has 0 spiro atoms. The van der Waals surface area contributed by atoms with Gasteiger partial charge >= 0.3 is 5.97 Å². The maximum Gasteiger partial charge on any atom is 0.335 e. The Morgan fingerprint density at radius 2 is 1.68 bits per heavy atom. The van der Waals surface area contributed by atoms with E-state index in [2.05, 4.69) is 31.5 Å². The number of aromatic nitrogens is 4. The molecule has 0 aliphatic rings. The molecule has 1 aromatic heterocycles. The van der Waals surface area contributed by atoms with Gasteiger partial charge in [-0.1, -0.05) is 29.8 Å². The molecule has 1 atom stereocenters. The molecule has 13 heteroatoms. The molecule has 3 amide bonds. The highest BCUT2D eigenvalue weighted by molar-refractivity contribution is 6.30. The molecule has 0 bridgehead atoms. The molecule has 0 aliphatic heterocycles. The first-order chi connectivity index (χ1) is 19.3. The van der Waals surface area contributed by atoms with E-state index in [0.717, 1.165) is 0 Å². The molecule has 0 saturated carbocycles. The molecule has 0 saturated heterocycles. The van der Waals surface area contributed by atoms with Crippen molar-refractivity contribution in [2.45, 2.75) is 12.5 Å². The Labute approximate surface area is 232 Å². The maximum absolute atomic E-state index is 13.1. The zero-order valence-corrected chi connectivity index (χ0v) is 21.4. The van der Waals surface area contributed by atoms with Crippen LogP contribution in [0.25, 0.3) is 11.8 Å². The van der Waals surface area contributed by atoms with E-state index in [1.165, 1.54) is 47.4 Å². The summed E-state index contributed by atoms with van der Waals surface area (Å²) in [4.78, 5) is 49.8. The number of carboxylic acid groups (broad SMARTS) is 1. The van der Waals surface area contributed by atoms with Crippen molar-refractivity contribution >= 4 is 52.7 Å². The number of amides is 3. The number of carbonyl (C=O) groups is 4. The van der Waals surface area contributed by atoms with E-state index < -0.39 is 29.7 Å². The van der Waals surface area contributed by atoms with E-state index >= 15 is 0 Å². The van der Waals surface area contributed by atoms with Crippen molar-refractivity contribution in [1.29, 1.82) is 0 Å². The maximum atomic E-state index is 13.1. The molecule has 12 nitrogen and oxygen atoms in total. The Balaban J connectivity index is 1.51. The van der Waals surface area contributed by atoms with Crippen LogP contribution >= 0.6 is 11.6 Å². The van der Waals surface area contributed by atoms with Gasteiger partial charge in [-0.3, -0.25) is 14.4 Å². The summed E-state index contributed by atoms with van der Waals surface area (Å²) in [6.45, 7) is 0. The molecular weight excluding hydrogens is 538 g/mol. The van der Waals surface area contributed by atoms with Gasteiger partial charge in [0.2, 0.25) is 17.7 Å². The van der Waals surface area contributed by atoms with Crippen molar-refractivity contribution in [2.24, 2.45) is 0 Å². The summed E-state index contributed by atoms with van der Waals surface area (Å²) < 4.78 is 1.40. The largest absolute Gasteiger partial charge is 0.478 e. The third kappa shape index (κ3) is 7.58. The molecule has 1 unspecified atom stereocenters. The van der Waals surface area contributed by atoms with Gasteiger partial charge in [0.05, 0.1) is 17.7 Å². The monoisotopic (exact) mass is 559 g/mol. The minimum absolute atomic E-state index is 0.0392. The number of aromatic carboxylic acids is 1. The Bertz CT molecular complexity index is 1540. The number of benzene rings is 3. The van der Waals surface area contributed by atoms with Crippen LogP contribution in [-0.4, -0.2) is 55.0 Å². The standard InChI is InChI=1S/C27H22ClN7O5/c28-19-9-12-23(35-16-29-33-34-35)18(14-19)8-13-24(36)32-22(15-25(37)30-20-4-2-1-3-5-20)26(38)31-21-10-6-17(7-11-21)27(39)40/h1-14,16,22H,15H2,(H,30,37)(H,31,38)(H,32,36)(H,39,40). The topological polar surface area (TPSA) is 168 Å². The van der Waals surface area contributed by atoms with Gasteiger partial charge in [0.25, 0.3) is 0 Å². The number of hydrogen-bond donors (Lipinski definition) is 4. The van der Waals surface area contributed by atoms with Crippen molar-refractivity contribution in [3.8, 4) is 5.69 Å². The second-order valence-electron chi connectivity index (χ2n) is 8.34. The first-order valence-electron chi connectivity index (χ1n) is 11.8. The average Bonchev–Trinajstić information content (AvgIpc) is 3.47. The third-order valence-electron chi connectivity index (χ3n) is 5.48. The van der Waals surface area contributed by atoms with E-state index in [1.807, 2.05) is 0 Å². The fourth-order valence-corrected chi connectivity index (χ4v) is 3.76. The normalized spacial score (nSPS) is 11.5. The number of hydrogen-bond acceptors (Lipinski definition) is 7. The summed E-state index contributed by atoms with van der Waals surface area (Å²) >= 11 is 6.12. The second kappa shape index (κ2) is 12.9. The number of nitrogens with one attached hydrogen (secondary N) is 3. The van der Waals surface area contributed by atoms with Gasteiger partial charge in [0.15, 0.2) is 0 Å². The number of anilines is 2. The summed E-state index contributed by atoms with van der Waals surface area (Å²) in [7, 11) is 0. The number of para-hydroxylation sites is 1. The molecule has 0 fully saturated rings. The van der Waals surface area contributed by atoms with Crippen LogP contribution in [0.2, 0.25) is 5.02 Å². The van der Waals surface area contributed by atoms with Gasteiger partial charge in [0, 0.05) is 28.0 Å². The summed E-state index contributed by atoms with van der Waals surface area (Å²) in [5.74, 6) is -2.95. The highest BCUT2D eigenvalue weighted by atomic mass is 35.5. The summed E-state index contributed by atoms with van der Waals surface area (Å²) in [6, 6.07) is 17.8. The van der Waals surface area contributed by atoms with Crippen LogP contribution in [0.1, 0.15) is 22.3 Å². The lowest BCUT2D eigenvalue weighted by Gasteiger charge is -2.18. The van der Waals surface area contributed by atoms with Crippen molar-refractivity contribution < 1.29 is 24.3 Å². The summed E-state index contributed by atoms with van der Waals surface area (Å²) in [5.41, 5.74) is 1.94. The Hall–Kier alpha value is -5.36. The number of nitrogens with zero attached hydrogens (tertiary/aromatic N) is 4. The van der Waals surface area contributed by atoms with Gasteiger partial charge < -0.3 is 21.1 Å². The lowest BCUT2D eigenvalue weighted by atomic mass is 10.1. The number of tetrazole rings is 1. The SMILES string of the molecule is O=C(C=Cc1cc(Cl)ccc1-n1cnnn1)NC(CC(=O)Nc1ccccc1)C(=O)Nc1ccc(C(=O)O)cc1. The van der Waals surface area contributed by atoms with Gasteiger partial charge in [-0.05, 0) is 71.1 Å². The zero-order valence-electron chi connectivity index (χ0n) is 20.7. The molecule has 202 valence electrons. The first kappa shape index (κ1) is 27.7. The van der Waals surface area contributed by atoms with Crippen LogP contribution in [-0.2, 0) is 14.4 Å². The van der Waals surface area contributed by atoms with Crippen LogP contribution < -0.4 is 16.0 Å². The van der Waals surface area contributed by atoms with Gasteiger partial charge in [-0.15, -0.1) is 5.10 Å². The van der Waals surface area contributed by atoms with Gasteiger partial charge in [0.1, 0.15) is 12.4 Å². The second-order valence-corrected chi connectivity index (χ2v) is 8.78. The van der Waals surface area contributed by atoms with Gasteiger partial charge in [-0.2, -0.15) is 4.68 Å². The molecule has 1 heterocycles. The predicted molar refractivity (Wildman–Crippen MR) is 147 cm³/mol. The lowest BCUT2D eigenvalue weighted by Crippen LogP contribution is -2.45. The van der Waals surface area contributed by atoms with Crippen molar-refractivity contribution in [1.82, 2.24) is 25.5 Å². The minimum atomic E-state index is -1.27. The van der Waals surface area contributed by atoms with E-state index in [4.69, 9.17) is 16.7 Å². The number of carboxylic acids is 1. The minimum Gasteiger partial charge on any atom is -0.478 e. The van der Waals surface area contributed by atoms with Crippen molar-refractivity contribution in [3.63, 3.8) is 0 Å². The van der Waals surface area contributed by atoms with Crippen molar-refractivity contribution in [3.05, 3.63) is 101 Å². The fraction of sp³-hybridized carbons (Fsp3) is 0.0741. The summed E-state index contributed by atoms with van der Waals surface area (Å²) in [6.07, 6.45) is 3.67. The van der Waals surface area contributed by atoms with E-state index in [-0.39, 0.29) is 12.0 Å².